The molecule has 0 atom stereocenters. The Morgan fingerprint density at radius 2 is 2.29 bits per heavy atom. The summed E-state index contributed by atoms with van der Waals surface area (Å²) in [6, 6.07) is 7.76. The van der Waals surface area contributed by atoms with Crippen molar-refractivity contribution in [3.8, 4) is 6.07 Å². The first kappa shape index (κ1) is 9.85. The molecule has 2 aromatic rings. The molecule has 0 spiro atoms. The molecule has 4 heteroatoms. The van der Waals surface area contributed by atoms with Crippen LogP contribution in [0.3, 0.4) is 0 Å². The van der Waals surface area contributed by atoms with Crippen molar-refractivity contribution in [1.29, 1.82) is 5.26 Å². The molecule has 1 aromatic heterocycles. The molecule has 0 radical (unpaired) electrons. The number of halogens is 1. The summed E-state index contributed by atoms with van der Waals surface area (Å²) >= 11 is 11.7. The Morgan fingerprint density at radius 3 is 2.93 bits per heavy atom. The van der Waals surface area contributed by atoms with E-state index < -0.39 is 0 Å². The summed E-state index contributed by atoms with van der Waals surface area (Å²) in [7, 11) is 0. The third-order valence-corrected chi connectivity index (χ3v) is 4.10. The van der Waals surface area contributed by atoms with E-state index in [0.29, 0.717) is 11.4 Å². The predicted molar refractivity (Wildman–Crippen MR) is 63.3 cm³/mol. The summed E-state index contributed by atoms with van der Waals surface area (Å²) in [5, 5.41) is 9.86. The molecule has 0 bridgehead atoms. The maximum absolute atomic E-state index is 8.91. The van der Waals surface area contributed by atoms with Gasteiger partial charge in [0.05, 0.1) is 17.5 Å². The summed E-state index contributed by atoms with van der Waals surface area (Å²) in [6.07, 6.45) is 0. The van der Waals surface area contributed by atoms with Crippen molar-refractivity contribution in [2.24, 2.45) is 0 Å². The lowest BCUT2D eigenvalue weighted by Crippen LogP contribution is -1.75. The van der Waals surface area contributed by atoms with E-state index in [9.17, 15) is 0 Å². The number of nitrogens with zero attached hydrogens (tertiary/aromatic N) is 1. The number of thiophene rings is 1. The van der Waals surface area contributed by atoms with E-state index in [1.54, 1.807) is 17.4 Å². The molecular weight excluding hydrogens is 234 g/mol. The second-order valence-corrected chi connectivity index (χ2v) is 4.72. The average molecular weight is 240 g/mol. The van der Waals surface area contributed by atoms with Crippen molar-refractivity contribution in [2.75, 3.05) is 0 Å². The molecule has 0 fully saturated rings. The lowest BCUT2D eigenvalue weighted by molar-refractivity contribution is 1.48. The van der Waals surface area contributed by atoms with Crippen LogP contribution in [0.5, 0.6) is 0 Å². The van der Waals surface area contributed by atoms with Crippen molar-refractivity contribution in [3.05, 3.63) is 28.6 Å². The Bertz CT molecular complexity index is 525. The number of nitriles is 1. The number of alkyl halides is 1. The Kier molecular flexibility index (Phi) is 2.69. The Labute approximate surface area is 96.3 Å². The van der Waals surface area contributed by atoms with Crippen LogP contribution in [-0.4, -0.2) is 0 Å². The molecule has 14 heavy (non-hydrogen) atoms. The van der Waals surface area contributed by atoms with E-state index in [-0.39, 0.29) is 0 Å². The van der Waals surface area contributed by atoms with Gasteiger partial charge in [-0.25, -0.2) is 0 Å². The number of hydrogen-bond donors (Lipinski definition) is 1. The largest absolute Gasteiger partial charge is 0.192 e. The molecule has 1 nitrogen and oxygen atoms in total. The number of rotatable bonds is 1. The first-order valence-corrected chi connectivity index (χ1v) is 5.76. The second-order valence-electron chi connectivity index (χ2n) is 2.83. The van der Waals surface area contributed by atoms with Gasteiger partial charge in [0.25, 0.3) is 0 Å². The highest BCUT2D eigenvalue weighted by atomic mass is 35.5. The smallest absolute Gasteiger partial charge is 0.0998 e. The highest BCUT2D eigenvalue weighted by molar-refractivity contribution is 7.80. The molecule has 0 unspecified atom stereocenters. The van der Waals surface area contributed by atoms with Crippen LogP contribution in [0, 0.1) is 11.3 Å². The van der Waals surface area contributed by atoms with E-state index in [2.05, 4.69) is 18.7 Å². The van der Waals surface area contributed by atoms with Crippen molar-refractivity contribution in [3.63, 3.8) is 0 Å². The van der Waals surface area contributed by atoms with Crippen molar-refractivity contribution >= 4 is 45.7 Å². The monoisotopic (exact) mass is 239 g/mol. The highest BCUT2D eigenvalue weighted by Gasteiger charge is 2.07. The molecule has 0 aliphatic rings. The number of benzene rings is 1. The maximum Gasteiger partial charge on any atom is 0.0998 e. The summed E-state index contributed by atoms with van der Waals surface area (Å²) < 4.78 is 1.04. The molecule has 0 N–H and O–H groups in total. The van der Waals surface area contributed by atoms with Crippen LogP contribution < -0.4 is 0 Å². The lowest BCUT2D eigenvalue weighted by atomic mass is 10.1. The van der Waals surface area contributed by atoms with Gasteiger partial charge in [-0.2, -0.15) is 5.26 Å². The maximum atomic E-state index is 8.91. The van der Waals surface area contributed by atoms with Gasteiger partial charge in [0.2, 0.25) is 0 Å². The molecule has 1 aromatic carbocycles. The molecule has 0 amide bonds. The van der Waals surface area contributed by atoms with Gasteiger partial charge in [0.15, 0.2) is 0 Å². The summed E-state index contributed by atoms with van der Waals surface area (Å²) in [5.74, 6) is 0.484. The van der Waals surface area contributed by atoms with Crippen molar-refractivity contribution < 1.29 is 0 Å². The highest BCUT2D eigenvalue weighted by Crippen LogP contribution is 2.33. The predicted octanol–water partition coefficient (Wildman–Crippen LogP) is 3.80. The fraction of sp³-hybridized carbons (Fsp3) is 0.100. The van der Waals surface area contributed by atoms with Gasteiger partial charge in [-0.15, -0.1) is 35.6 Å². The standard InChI is InChI=1S/C10H6ClNS2/c11-4-7-3-8-6(5-12)1-2-9(13)10(8)14-7/h1-3,13H,4H2. The number of fused-ring (bicyclic) bond motifs is 1. The molecule has 0 aliphatic heterocycles. The average Bonchev–Trinajstić information content (AvgIpc) is 2.63. The zero-order chi connectivity index (χ0) is 10.1. The summed E-state index contributed by atoms with van der Waals surface area (Å²) in [6.45, 7) is 0. The van der Waals surface area contributed by atoms with Crippen LogP contribution in [-0.2, 0) is 5.88 Å². The summed E-state index contributed by atoms with van der Waals surface area (Å²) in [4.78, 5) is 1.97. The van der Waals surface area contributed by atoms with Gasteiger partial charge < -0.3 is 0 Å². The molecular formula is C10H6ClNS2. The minimum atomic E-state index is 0.484. The quantitative estimate of drug-likeness (QED) is 0.594. The van der Waals surface area contributed by atoms with E-state index in [0.717, 1.165) is 19.9 Å². The minimum Gasteiger partial charge on any atom is -0.192 e. The molecule has 1 heterocycles. The van der Waals surface area contributed by atoms with E-state index in [1.807, 2.05) is 12.1 Å². The summed E-state index contributed by atoms with van der Waals surface area (Å²) in [5.41, 5.74) is 0.686. The third kappa shape index (κ3) is 1.50. The zero-order valence-electron chi connectivity index (χ0n) is 7.12. The SMILES string of the molecule is N#Cc1ccc(S)c2sc(CCl)cc12. The van der Waals surface area contributed by atoms with E-state index in [1.165, 1.54) is 0 Å². The van der Waals surface area contributed by atoms with Crippen LogP contribution in [0.25, 0.3) is 10.1 Å². The Balaban J connectivity index is 2.83. The number of hydrogen-bond acceptors (Lipinski definition) is 3. The lowest BCUT2D eigenvalue weighted by Gasteiger charge is -1.95. The fourth-order valence-electron chi connectivity index (χ4n) is 1.32. The van der Waals surface area contributed by atoms with Crippen LogP contribution in [0.1, 0.15) is 10.4 Å². The van der Waals surface area contributed by atoms with Gasteiger partial charge in [0.1, 0.15) is 0 Å². The molecule has 70 valence electrons. The first-order chi connectivity index (χ1) is 6.76. The Morgan fingerprint density at radius 1 is 1.50 bits per heavy atom. The minimum absolute atomic E-state index is 0.484. The van der Waals surface area contributed by atoms with E-state index >= 15 is 0 Å². The topological polar surface area (TPSA) is 23.8 Å². The Hall–Kier alpha value is -0.690. The van der Waals surface area contributed by atoms with Gasteiger partial charge in [-0.1, -0.05) is 0 Å². The third-order valence-electron chi connectivity index (χ3n) is 1.97. The van der Waals surface area contributed by atoms with Gasteiger partial charge >= 0.3 is 0 Å². The first-order valence-electron chi connectivity index (χ1n) is 3.96. The van der Waals surface area contributed by atoms with E-state index in [4.69, 9.17) is 16.9 Å². The molecule has 0 aliphatic carbocycles. The van der Waals surface area contributed by atoms with Gasteiger partial charge in [-0.05, 0) is 18.2 Å². The van der Waals surface area contributed by atoms with Crippen LogP contribution in [0.2, 0.25) is 0 Å². The second kappa shape index (κ2) is 3.82. The van der Waals surface area contributed by atoms with Gasteiger partial charge in [0, 0.05) is 19.9 Å². The molecule has 0 saturated carbocycles. The zero-order valence-corrected chi connectivity index (χ0v) is 9.59. The van der Waals surface area contributed by atoms with Gasteiger partial charge in [-0.3, -0.25) is 0 Å². The normalized spacial score (nSPS) is 10.4. The number of thiol groups is 1. The fourth-order valence-corrected chi connectivity index (χ4v) is 2.84. The van der Waals surface area contributed by atoms with Crippen molar-refractivity contribution in [2.45, 2.75) is 10.8 Å². The van der Waals surface area contributed by atoms with Crippen LogP contribution in [0.15, 0.2) is 23.1 Å². The van der Waals surface area contributed by atoms with Crippen molar-refractivity contribution in [1.82, 2.24) is 0 Å². The van der Waals surface area contributed by atoms with Crippen LogP contribution in [0.4, 0.5) is 0 Å². The molecule has 2 rings (SSSR count). The molecule has 0 saturated heterocycles. The van der Waals surface area contributed by atoms with Crippen LogP contribution >= 0.6 is 35.6 Å².